The Hall–Kier alpha value is -2.50. The van der Waals surface area contributed by atoms with Gasteiger partial charge in [0.2, 0.25) is 11.8 Å². The van der Waals surface area contributed by atoms with Crippen LogP contribution in [0.15, 0.2) is 24.3 Å². The normalized spacial score (nSPS) is 34.1. The summed E-state index contributed by atoms with van der Waals surface area (Å²) in [6, 6.07) is 7.17. The maximum atomic E-state index is 14.2. The first-order chi connectivity index (χ1) is 14.4. The topological polar surface area (TPSA) is 93.7 Å². The van der Waals surface area contributed by atoms with Crippen molar-refractivity contribution >= 4 is 11.8 Å². The minimum Gasteiger partial charge on any atom is -0.330 e. The standard InChI is InChI=1S/C22H26FN5O2/c1-12(16-4-2-3-5-17(16)23)27-15-8-20(22(27)30)26(10-15)11-18(25)21(29)28-14(9-24)6-13-7-19(13)28/h2-5,12-15,18-20H,6-8,10-11,25H2,1H3/t12-,13?,14+,15?,18+,19+,20+/m1/s1. The molecular weight excluding hydrogens is 385 g/mol. The number of likely N-dealkylation sites (tertiary alicyclic amines) is 3. The van der Waals surface area contributed by atoms with Gasteiger partial charge in [-0.3, -0.25) is 14.5 Å². The van der Waals surface area contributed by atoms with Gasteiger partial charge in [-0.15, -0.1) is 0 Å². The maximum Gasteiger partial charge on any atom is 0.242 e. The molecule has 8 heteroatoms. The molecular formula is C22H26FN5O2. The number of hydrogen-bond donors (Lipinski definition) is 1. The largest absolute Gasteiger partial charge is 0.330 e. The highest BCUT2D eigenvalue weighted by atomic mass is 19.1. The molecule has 1 aromatic carbocycles. The van der Waals surface area contributed by atoms with Crippen LogP contribution < -0.4 is 5.73 Å². The number of fused-ring (bicyclic) bond motifs is 3. The van der Waals surface area contributed by atoms with Gasteiger partial charge >= 0.3 is 0 Å². The molecule has 3 heterocycles. The molecule has 4 fully saturated rings. The van der Waals surface area contributed by atoms with E-state index in [1.807, 2.05) is 11.8 Å². The quantitative estimate of drug-likeness (QED) is 0.781. The second-order valence-corrected chi connectivity index (χ2v) is 9.10. The Morgan fingerprint density at radius 3 is 2.80 bits per heavy atom. The number of nitriles is 1. The van der Waals surface area contributed by atoms with Gasteiger partial charge in [0.1, 0.15) is 11.9 Å². The number of amides is 2. The van der Waals surface area contributed by atoms with Crippen LogP contribution in [-0.2, 0) is 9.59 Å². The van der Waals surface area contributed by atoms with Gasteiger partial charge in [0.15, 0.2) is 0 Å². The Morgan fingerprint density at radius 1 is 1.33 bits per heavy atom. The number of rotatable bonds is 5. The summed E-state index contributed by atoms with van der Waals surface area (Å²) >= 11 is 0. The second-order valence-electron chi connectivity index (χ2n) is 9.10. The van der Waals surface area contributed by atoms with E-state index in [9.17, 15) is 19.2 Å². The van der Waals surface area contributed by atoms with Crippen LogP contribution in [0.1, 0.15) is 37.8 Å². The molecule has 1 saturated carbocycles. The highest BCUT2D eigenvalue weighted by molar-refractivity contribution is 5.87. The third kappa shape index (κ3) is 2.91. The lowest BCUT2D eigenvalue weighted by Gasteiger charge is -2.38. The summed E-state index contributed by atoms with van der Waals surface area (Å²) in [5.74, 6) is -0.0666. The Labute approximate surface area is 175 Å². The fraction of sp³-hybridized carbons (Fsp3) is 0.591. The highest BCUT2D eigenvalue weighted by Gasteiger charge is 2.56. The van der Waals surface area contributed by atoms with Crippen molar-refractivity contribution in [1.82, 2.24) is 14.7 Å². The van der Waals surface area contributed by atoms with Crippen molar-refractivity contribution in [3.8, 4) is 6.07 Å². The van der Waals surface area contributed by atoms with E-state index >= 15 is 0 Å². The lowest BCUT2D eigenvalue weighted by Crippen LogP contribution is -2.57. The number of carbonyl (C=O) groups is 2. The lowest BCUT2D eigenvalue weighted by molar-refractivity contribution is -0.141. The summed E-state index contributed by atoms with van der Waals surface area (Å²) in [5, 5.41) is 9.33. The average molecular weight is 411 g/mol. The van der Waals surface area contributed by atoms with Crippen LogP contribution in [0.25, 0.3) is 0 Å². The molecule has 158 valence electrons. The second kappa shape index (κ2) is 7.03. The molecule has 2 N–H and O–H groups in total. The van der Waals surface area contributed by atoms with Crippen molar-refractivity contribution in [2.45, 2.75) is 62.4 Å². The van der Waals surface area contributed by atoms with Crippen LogP contribution in [-0.4, -0.2) is 69.8 Å². The number of nitrogens with two attached hydrogens (primary N) is 1. The Bertz CT molecular complexity index is 932. The third-order valence-corrected chi connectivity index (χ3v) is 7.34. The molecule has 1 aromatic rings. The molecule has 30 heavy (non-hydrogen) atoms. The van der Waals surface area contributed by atoms with E-state index in [4.69, 9.17) is 5.73 Å². The molecule has 5 rings (SSSR count). The highest BCUT2D eigenvalue weighted by Crippen LogP contribution is 2.48. The number of piperidine rings is 1. The predicted octanol–water partition coefficient (Wildman–Crippen LogP) is 1.01. The Morgan fingerprint density at radius 2 is 2.10 bits per heavy atom. The van der Waals surface area contributed by atoms with Gasteiger partial charge in [0.05, 0.1) is 24.2 Å². The predicted molar refractivity (Wildman–Crippen MR) is 106 cm³/mol. The van der Waals surface area contributed by atoms with Crippen molar-refractivity contribution in [1.29, 1.82) is 5.26 Å². The maximum absolute atomic E-state index is 14.2. The lowest BCUT2D eigenvalue weighted by atomic mass is 10.0. The number of halogens is 1. The number of benzene rings is 1. The van der Waals surface area contributed by atoms with Crippen molar-refractivity contribution in [2.75, 3.05) is 13.1 Å². The summed E-state index contributed by atoms with van der Waals surface area (Å²) in [5.41, 5.74) is 6.76. The number of carbonyl (C=O) groups excluding carboxylic acids is 2. The minimum atomic E-state index is -0.746. The monoisotopic (exact) mass is 411 g/mol. The van der Waals surface area contributed by atoms with Gasteiger partial charge in [-0.05, 0) is 38.2 Å². The molecule has 7 nitrogen and oxygen atoms in total. The zero-order valence-electron chi connectivity index (χ0n) is 16.9. The SMILES string of the molecule is C[C@H](c1ccccc1F)N1C(=O)[C@@H]2CC1CN2C[C@H](N)C(=O)N1[C@H](C#N)CC2C[C@@H]21. The molecule has 0 aromatic heterocycles. The van der Waals surface area contributed by atoms with E-state index in [1.54, 1.807) is 28.0 Å². The van der Waals surface area contributed by atoms with Gasteiger partial charge in [-0.2, -0.15) is 5.26 Å². The number of hydrogen-bond acceptors (Lipinski definition) is 5. The minimum absolute atomic E-state index is 0.00846. The first kappa shape index (κ1) is 19.5. The third-order valence-electron chi connectivity index (χ3n) is 7.34. The van der Waals surface area contributed by atoms with Crippen LogP contribution in [0.3, 0.4) is 0 Å². The van der Waals surface area contributed by atoms with Crippen LogP contribution in [0.4, 0.5) is 4.39 Å². The molecule has 0 radical (unpaired) electrons. The molecule has 3 saturated heterocycles. The Kier molecular flexibility index (Phi) is 4.56. The molecule has 2 unspecified atom stereocenters. The van der Waals surface area contributed by atoms with E-state index < -0.39 is 6.04 Å². The average Bonchev–Trinajstić information content (AvgIpc) is 3.07. The molecule has 3 aliphatic heterocycles. The molecule has 1 aliphatic carbocycles. The molecule has 4 aliphatic rings. The Balaban J connectivity index is 1.24. The van der Waals surface area contributed by atoms with Crippen molar-refractivity contribution < 1.29 is 14.0 Å². The summed E-state index contributed by atoms with van der Waals surface area (Å²) < 4.78 is 14.2. The fourth-order valence-electron chi connectivity index (χ4n) is 5.77. The van der Waals surface area contributed by atoms with Gasteiger partial charge in [-0.1, -0.05) is 18.2 Å². The van der Waals surface area contributed by atoms with Gasteiger partial charge in [-0.25, -0.2) is 4.39 Å². The summed E-state index contributed by atoms with van der Waals surface area (Å²) in [6.45, 7) is 2.79. The zero-order valence-corrected chi connectivity index (χ0v) is 16.9. The first-order valence-electron chi connectivity index (χ1n) is 10.7. The van der Waals surface area contributed by atoms with E-state index in [1.165, 1.54) is 6.07 Å². The van der Waals surface area contributed by atoms with Crippen LogP contribution in [0, 0.1) is 23.1 Å². The summed E-state index contributed by atoms with van der Waals surface area (Å²) in [7, 11) is 0. The number of nitrogens with zero attached hydrogens (tertiary/aromatic N) is 4. The van der Waals surface area contributed by atoms with Gasteiger partial charge in [0.25, 0.3) is 0 Å². The molecule has 7 atom stereocenters. The molecule has 0 spiro atoms. The summed E-state index contributed by atoms with van der Waals surface area (Å²) in [4.78, 5) is 31.4. The van der Waals surface area contributed by atoms with E-state index in [0.29, 0.717) is 31.0 Å². The number of piperazine rings is 1. The van der Waals surface area contributed by atoms with Crippen molar-refractivity contribution in [2.24, 2.45) is 11.7 Å². The van der Waals surface area contributed by atoms with E-state index in [0.717, 1.165) is 12.8 Å². The molecule has 2 amide bonds. The first-order valence-corrected chi connectivity index (χ1v) is 10.7. The summed E-state index contributed by atoms with van der Waals surface area (Å²) in [6.07, 6.45) is 2.38. The van der Waals surface area contributed by atoms with Crippen molar-refractivity contribution in [3.63, 3.8) is 0 Å². The van der Waals surface area contributed by atoms with Gasteiger partial charge < -0.3 is 15.5 Å². The van der Waals surface area contributed by atoms with Crippen LogP contribution in [0.2, 0.25) is 0 Å². The van der Waals surface area contributed by atoms with Crippen LogP contribution in [0.5, 0.6) is 0 Å². The zero-order chi connectivity index (χ0) is 21.2. The van der Waals surface area contributed by atoms with Gasteiger partial charge in [0, 0.05) is 30.7 Å². The van der Waals surface area contributed by atoms with E-state index in [2.05, 4.69) is 6.07 Å². The van der Waals surface area contributed by atoms with E-state index in [-0.39, 0.29) is 47.8 Å². The van der Waals surface area contributed by atoms with Crippen molar-refractivity contribution in [3.05, 3.63) is 35.6 Å². The van der Waals surface area contributed by atoms with Crippen LogP contribution >= 0.6 is 0 Å². The molecule has 2 bridgehead atoms. The smallest absolute Gasteiger partial charge is 0.242 e. The fourth-order valence-corrected chi connectivity index (χ4v) is 5.77.